The SMILES string of the molecule is O=C1CCCCCCC/C=C/CCO1. The molecule has 1 heterocycles. The van der Waals surface area contributed by atoms with E-state index in [1.807, 2.05) is 0 Å². The van der Waals surface area contributed by atoms with Gasteiger partial charge in [-0.3, -0.25) is 4.79 Å². The number of hydrogen-bond acceptors (Lipinski definition) is 2. The summed E-state index contributed by atoms with van der Waals surface area (Å²) in [6.45, 7) is 0.551. The summed E-state index contributed by atoms with van der Waals surface area (Å²) in [4.78, 5) is 11.1. The lowest BCUT2D eigenvalue weighted by Gasteiger charge is -2.02. The highest BCUT2D eigenvalue weighted by Crippen LogP contribution is 2.09. The van der Waals surface area contributed by atoms with Gasteiger partial charge in [0.25, 0.3) is 0 Å². The highest BCUT2D eigenvalue weighted by molar-refractivity contribution is 5.69. The van der Waals surface area contributed by atoms with Gasteiger partial charge in [-0.1, -0.05) is 31.4 Å². The fourth-order valence-electron chi connectivity index (χ4n) is 1.61. The minimum atomic E-state index is -0.0300. The smallest absolute Gasteiger partial charge is 0.305 e. The second-order valence-corrected chi connectivity index (χ2v) is 3.79. The average Bonchev–Trinajstić information content (AvgIpc) is 2.20. The summed E-state index contributed by atoms with van der Waals surface area (Å²) in [6, 6.07) is 0. The van der Waals surface area contributed by atoms with E-state index in [4.69, 9.17) is 4.74 Å². The molecule has 0 atom stereocenters. The van der Waals surface area contributed by atoms with Crippen LogP contribution in [0.2, 0.25) is 0 Å². The predicted octanol–water partition coefficient (Wildman–Crippen LogP) is 3.22. The van der Waals surface area contributed by atoms with Crippen LogP contribution in [0.5, 0.6) is 0 Å². The first-order valence-corrected chi connectivity index (χ1v) is 5.70. The topological polar surface area (TPSA) is 26.3 Å². The number of allylic oxidation sites excluding steroid dienone is 1. The van der Waals surface area contributed by atoms with Crippen LogP contribution >= 0.6 is 0 Å². The predicted molar refractivity (Wildman–Crippen MR) is 57.0 cm³/mol. The molecule has 0 aromatic carbocycles. The summed E-state index contributed by atoms with van der Waals surface area (Å²) in [5.74, 6) is -0.0300. The zero-order chi connectivity index (χ0) is 10.1. The average molecular weight is 196 g/mol. The van der Waals surface area contributed by atoms with Crippen molar-refractivity contribution in [1.82, 2.24) is 0 Å². The molecule has 0 fully saturated rings. The number of esters is 1. The third-order valence-electron chi connectivity index (χ3n) is 2.47. The lowest BCUT2D eigenvalue weighted by Crippen LogP contribution is -2.04. The van der Waals surface area contributed by atoms with E-state index in [1.54, 1.807) is 0 Å². The first-order valence-electron chi connectivity index (χ1n) is 5.70. The summed E-state index contributed by atoms with van der Waals surface area (Å²) in [5, 5.41) is 0. The van der Waals surface area contributed by atoms with Crippen molar-refractivity contribution < 1.29 is 9.53 Å². The van der Waals surface area contributed by atoms with Crippen LogP contribution in [0, 0.1) is 0 Å². The van der Waals surface area contributed by atoms with Gasteiger partial charge < -0.3 is 4.74 Å². The van der Waals surface area contributed by atoms with Crippen LogP contribution in [0.15, 0.2) is 12.2 Å². The van der Waals surface area contributed by atoms with Crippen LogP contribution < -0.4 is 0 Å². The highest BCUT2D eigenvalue weighted by Gasteiger charge is 2.01. The lowest BCUT2D eigenvalue weighted by atomic mass is 10.1. The van der Waals surface area contributed by atoms with Gasteiger partial charge in [0.2, 0.25) is 0 Å². The third-order valence-corrected chi connectivity index (χ3v) is 2.47. The van der Waals surface area contributed by atoms with Crippen molar-refractivity contribution in [2.75, 3.05) is 6.61 Å². The van der Waals surface area contributed by atoms with Crippen LogP contribution in [0.25, 0.3) is 0 Å². The van der Waals surface area contributed by atoms with Gasteiger partial charge in [0.1, 0.15) is 0 Å². The zero-order valence-corrected chi connectivity index (χ0v) is 8.84. The molecular weight excluding hydrogens is 176 g/mol. The fourth-order valence-corrected chi connectivity index (χ4v) is 1.61. The summed E-state index contributed by atoms with van der Waals surface area (Å²) in [7, 11) is 0. The minimum absolute atomic E-state index is 0.0300. The second-order valence-electron chi connectivity index (χ2n) is 3.79. The minimum Gasteiger partial charge on any atom is -0.465 e. The summed E-state index contributed by atoms with van der Waals surface area (Å²) in [6.07, 6.45) is 12.9. The Morgan fingerprint density at radius 2 is 1.64 bits per heavy atom. The summed E-state index contributed by atoms with van der Waals surface area (Å²) >= 11 is 0. The lowest BCUT2D eigenvalue weighted by molar-refractivity contribution is -0.143. The Morgan fingerprint density at radius 3 is 2.57 bits per heavy atom. The molecular formula is C12H20O2. The Kier molecular flexibility index (Phi) is 6.13. The van der Waals surface area contributed by atoms with Gasteiger partial charge in [-0.15, -0.1) is 0 Å². The van der Waals surface area contributed by atoms with Crippen LogP contribution in [0.3, 0.4) is 0 Å². The van der Waals surface area contributed by atoms with Gasteiger partial charge in [-0.05, 0) is 25.7 Å². The molecule has 0 spiro atoms. The van der Waals surface area contributed by atoms with Crippen molar-refractivity contribution in [3.8, 4) is 0 Å². The fraction of sp³-hybridized carbons (Fsp3) is 0.750. The molecule has 0 N–H and O–H groups in total. The first-order chi connectivity index (χ1) is 6.89. The third kappa shape index (κ3) is 5.79. The number of rotatable bonds is 0. The van der Waals surface area contributed by atoms with Crippen LogP contribution in [-0.4, -0.2) is 12.6 Å². The van der Waals surface area contributed by atoms with Gasteiger partial charge in [0, 0.05) is 6.42 Å². The van der Waals surface area contributed by atoms with E-state index in [1.165, 1.54) is 32.1 Å². The Balaban J connectivity index is 2.23. The molecule has 0 bridgehead atoms. The number of cyclic esters (lactones) is 1. The number of carbonyl (C=O) groups excluding carboxylic acids is 1. The van der Waals surface area contributed by atoms with E-state index in [9.17, 15) is 4.79 Å². The maximum atomic E-state index is 11.1. The monoisotopic (exact) mass is 196 g/mol. The van der Waals surface area contributed by atoms with Gasteiger partial charge in [0.15, 0.2) is 0 Å². The van der Waals surface area contributed by atoms with Gasteiger partial charge in [0.05, 0.1) is 6.61 Å². The van der Waals surface area contributed by atoms with E-state index in [-0.39, 0.29) is 5.97 Å². The van der Waals surface area contributed by atoms with Gasteiger partial charge in [-0.25, -0.2) is 0 Å². The Labute approximate surface area is 86.3 Å². The van der Waals surface area contributed by atoms with Crippen LogP contribution in [0.1, 0.15) is 51.4 Å². The van der Waals surface area contributed by atoms with Crippen molar-refractivity contribution in [3.63, 3.8) is 0 Å². The van der Waals surface area contributed by atoms with Crippen LogP contribution in [-0.2, 0) is 9.53 Å². The second kappa shape index (κ2) is 7.60. The van der Waals surface area contributed by atoms with Crippen molar-refractivity contribution in [3.05, 3.63) is 12.2 Å². The Morgan fingerprint density at radius 1 is 0.929 bits per heavy atom. The molecule has 0 amide bonds. The quantitative estimate of drug-likeness (QED) is 0.439. The molecule has 0 aromatic heterocycles. The molecule has 0 aromatic rings. The van der Waals surface area contributed by atoms with Crippen molar-refractivity contribution in [2.45, 2.75) is 51.4 Å². The number of carbonyl (C=O) groups is 1. The van der Waals surface area contributed by atoms with E-state index < -0.39 is 0 Å². The van der Waals surface area contributed by atoms with Gasteiger partial charge in [-0.2, -0.15) is 0 Å². The Bertz CT molecular complexity index is 185. The first kappa shape index (κ1) is 11.3. The van der Waals surface area contributed by atoms with Crippen molar-refractivity contribution in [1.29, 1.82) is 0 Å². The largest absolute Gasteiger partial charge is 0.465 e. The normalized spacial score (nSPS) is 23.9. The maximum absolute atomic E-state index is 11.1. The molecule has 1 aliphatic heterocycles. The molecule has 0 radical (unpaired) electrons. The van der Waals surface area contributed by atoms with E-state index in [0.717, 1.165) is 12.8 Å². The number of hydrogen-bond donors (Lipinski definition) is 0. The van der Waals surface area contributed by atoms with E-state index >= 15 is 0 Å². The van der Waals surface area contributed by atoms with Gasteiger partial charge >= 0.3 is 5.97 Å². The molecule has 2 heteroatoms. The van der Waals surface area contributed by atoms with Crippen molar-refractivity contribution >= 4 is 5.97 Å². The molecule has 1 rings (SSSR count). The van der Waals surface area contributed by atoms with Crippen molar-refractivity contribution in [2.24, 2.45) is 0 Å². The molecule has 14 heavy (non-hydrogen) atoms. The molecule has 0 saturated heterocycles. The zero-order valence-electron chi connectivity index (χ0n) is 8.84. The molecule has 0 saturated carbocycles. The maximum Gasteiger partial charge on any atom is 0.305 e. The summed E-state index contributed by atoms with van der Waals surface area (Å²) < 4.78 is 5.07. The molecule has 0 aliphatic carbocycles. The molecule has 1 aliphatic rings. The molecule has 0 unspecified atom stereocenters. The van der Waals surface area contributed by atoms with E-state index in [2.05, 4.69) is 12.2 Å². The standard InChI is InChI=1S/C12H20O2/c13-12-10-8-6-4-2-1-3-5-7-9-11-14-12/h5,7H,1-4,6,8-11H2/b7-5+. The summed E-state index contributed by atoms with van der Waals surface area (Å²) in [5.41, 5.74) is 0. The molecule has 80 valence electrons. The highest BCUT2D eigenvalue weighted by atomic mass is 16.5. The Hall–Kier alpha value is -0.790. The van der Waals surface area contributed by atoms with E-state index in [0.29, 0.717) is 13.0 Å². The van der Waals surface area contributed by atoms with Crippen LogP contribution in [0.4, 0.5) is 0 Å². The number of ether oxygens (including phenoxy) is 1. The molecule has 2 nitrogen and oxygen atoms in total.